The van der Waals surface area contributed by atoms with Crippen molar-refractivity contribution in [2.75, 3.05) is 13.1 Å². The minimum Gasteiger partial charge on any atom is -0.356 e. The van der Waals surface area contributed by atoms with Crippen molar-refractivity contribution in [1.82, 2.24) is 9.80 Å². The molecule has 214 valence electrons. The first kappa shape index (κ1) is 33.4. The SMILES string of the molecule is CCCCCCCCCCCCCCCCCN1C=CN(CCCCCCCCCC)C1CCCC. The van der Waals surface area contributed by atoms with Crippen LogP contribution in [0.3, 0.4) is 0 Å². The van der Waals surface area contributed by atoms with Crippen molar-refractivity contribution in [1.29, 1.82) is 0 Å². The summed E-state index contributed by atoms with van der Waals surface area (Å²) in [4.78, 5) is 5.33. The van der Waals surface area contributed by atoms with Gasteiger partial charge in [-0.25, -0.2) is 0 Å². The summed E-state index contributed by atoms with van der Waals surface area (Å²) in [5.41, 5.74) is 0. The van der Waals surface area contributed by atoms with E-state index < -0.39 is 0 Å². The van der Waals surface area contributed by atoms with Crippen LogP contribution in [0, 0.1) is 0 Å². The lowest BCUT2D eigenvalue weighted by Crippen LogP contribution is -2.39. The van der Waals surface area contributed by atoms with Gasteiger partial charge in [-0.05, 0) is 25.7 Å². The Kier molecular flexibility index (Phi) is 24.1. The lowest BCUT2D eigenvalue weighted by Gasteiger charge is -2.33. The molecule has 0 amide bonds. The number of unbranched alkanes of at least 4 members (excludes halogenated alkanes) is 22. The third-order valence-corrected chi connectivity index (χ3v) is 8.32. The fourth-order valence-electron chi connectivity index (χ4n) is 5.82. The topological polar surface area (TPSA) is 6.48 Å². The Labute approximate surface area is 229 Å². The van der Waals surface area contributed by atoms with Gasteiger partial charge in [0.25, 0.3) is 0 Å². The first-order chi connectivity index (χ1) is 17.8. The van der Waals surface area contributed by atoms with E-state index in [1.807, 2.05) is 0 Å². The van der Waals surface area contributed by atoms with Gasteiger partial charge >= 0.3 is 0 Å². The van der Waals surface area contributed by atoms with Gasteiger partial charge in [-0.2, -0.15) is 0 Å². The van der Waals surface area contributed by atoms with Crippen LogP contribution < -0.4 is 0 Å². The molecular weight excluding hydrogens is 436 g/mol. The highest BCUT2D eigenvalue weighted by molar-refractivity contribution is 4.96. The number of rotatable bonds is 28. The van der Waals surface area contributed by atoms with E-state index in [1.54, 1.807) is 0 Å². The lowest BCUT2D eigenvalue weighted by molar-refractivity contribution is 0.136. The summed E-state index contributed by atoms with van der Waals surface area (Å²) in [6.07, 6.45) is 42.5. The Balaban J connectivity index is 2.01. The van der Waals surface area contributed by atoms with Crippen molar-refractivity contribution in [3.63, 3.8) is 0 Å². The molecule has 0 aromatic carbocycles. The molecule has 36 heavy (non-hydrogen) atoms. The van der Waals surface area contributed by atoms with Gasteiger partial charge in [0.2, 0.25) is 0 Å². The van der Waals surface area contributed by atoms with Crippen LogP contribution in [0.4, 0.5) is 0 Å². The minimum atomic E-state index is 0.640. The summed E-state index contributed by atoms with van der Waals surface area (Å²) in [6, 6.07) is 0. The van der Waals surface area contributed by atoms with Gasteiger partial charge in [0.1, 0.15) is 6.17 Å². The van der Waals surface area contributed by atoms with Gasteiger partial charge < -0.3 is 9.80 Å². The van der Waals surface area contributed by atoms with Crippen molar-refractivity contribution < 1.29 is 0 Å². The average Bonchev–Trinajstić information content (AvgIpc) is 3.27. The fraction of sp³-hybridized carbons (Fsp3) is 0.941. The summed E-state index contributed by atoms with van der Waals surface area (Å²) in [6.45, 7) is 9.47. The first-order valence-electron chi connectivity index (χ1n) is 17.0. The smallest absolute Gasteiger partial charge is 0.101 e. The molecule has 1 unspecified atom stereocenters. The molecule has 0 radical (unpaired) electrons. The minimum absolute atomic E-state index is 0.640. The zero-order chi connectivity index (χ0) is 25.9. The zero-order valence-corrected chi connectivity index (χ0v) is 25.4. The Hall–Kier alpha value is -0.660. The maximum atomic E-state index is 2.67. The first-order valence-corrected chi connectivity index (χ1v) is 17.0. The predicted molar refractivity (Wildman–Crippen MR) is 163 cm³/mol. The summed E-state index contributed by atoms with van der Waals surface area (Å²) in [5.74, 6) is 0. The second-order valence-electron chi connectivity index (χ2n) is 11.8. The monoisotopic (exact) mass is 505 g/mol. The van der Waals surface area contributed by atoms with Crippen LogP contribution in [0.2, 0.25) is 0 Å². The fourth-order valence-corrected chi connectivity index (χ4v) is 5.82. The molecule has 1 rings (SSSR count). The van der Waals surface area contributed by atoms with Gasteiger partial charge in [-0.15, -0.1) is 0 Å². The standard InChI is InChI=1S/C34H68N2/c1-4-7-10-12-14-16-17-18-19-20-21-22-24-26-28-31-36-33-32-35(34(36)29-9-6-3)30-27-25-23-15-13-11-8-5-2/h32-34H,4-31H2,1-3H3. The number of nitrogens with zero attached hydrogens (tertiary/aromatic N) is 2. The third kappa shape index (κ3) is 18.6. The molecule has 1 atom stereocenters. The molecule has 1 aliphatic rings. The third-order valence-electron chi connectivity index (χ3n) is 8.32. The zero-order valence-electron chi connectivity index (χ0n) is 25.4. The van der Waals surface area contributed by atoms with E-state index >= 15 is 0 Å². The van der Waals surface area contributed by atoms with Crippen molar-refractivity contribution in [2.45, 2.75) is 194 Å². The van der Waals surface area contributed by atoms with Crippen molar-refractivity contribution in [2.24, 2.45) is 0 Å². The summed E-state index contributed by atoms with van der Waals surface area (Å²) < 4.78 is 0. The lowest BCUT2D eigenvalue weighted by atomic mass is 10.0. The number of hydrogen-bond donors (Lipinski definition) is 0. The molecule has 0 bridgehead atoms. The molecule has 0 N–H and O–H groups in total. The van der Waals surface area contributed by atoms with E-state index in [4.69, 9.17) is 0 Å². The van der Waals surface area contributed by atoms with Gasteiger partial charge in [0.05, 0.1) is 0 Å². The largest absolute Gasteiger partial charge is 0.356 e. The molecule has 2 nitrogen and oxygen atoms in total. The molecule has 0 aromatic rings. The van der Waals surface area contributed by atoms with Gasteiger partial charge in [0, 0.05) is 25.5 Å². The molecule has 0 spiro atoms. The van der Waals surface area contributed by atoms with Crippen LogP contribution in [0.5, 0.6) is 0 Å². The van der Waals surface area contributed by atoms with E-state index in [9.17, 15) is 0 Å². The Morgan fingerprint density at radius 3 is 0.944 bits per heavy atom. The highest BCUT2D eigenvalue weighted by atomic mass is 15.4. The van der Waals surface area contributed by atoms with Crippen LogP contribution in [0.15, 0.2) is 12.4 Å². The second kappa shape index (κ2) is 26.0. The van der Waals surface area contributed by atoms with Gasteiger partial charge in [-0.1, -0.05) is 162 Å². The molecule has 0 fully saturated rings. The average molecular weight is 505 g/mol. The van der Waals surface area contributed by atoms with Crippen molar-refractivity contribution >= 4 is 0 Å². The van der Waals surface area contributed by atoms with Gasteiger partial charge in [0.15, 0.2) is 0 Å². The molecule has 2 heteroatoms. The molecule has 0 saturated carbocycles. The maximum absolute atomic E-state index is 2.67. The number of hydrogen-bond acceptors (Lipinski definition) is 2. The molecular formula is C34H68N2. The van der Waals surface area contributed by atoms with E-state index in [0.717, 1.165) is 0 Å². The molecule has 1 aliphatic heterocycles. The highest BCUT2D eigenvalue weighted by Gasteiger charge is 2.24. The molecule has 1 heterocycles. The Morgan fingerprint density at radius 2 is 0.639 bits per heavy atom. The van der Waals surface area contributed by atoms with Crippen molar-refractivity contribution in [3.05, 3.63) is 12.4 Å². The highest BCUT2D eigenvalue weighted by Crippen LogP contribution is 2.23. The van der Waals surface area contributed by atoms with Crippen molar-refractivity contribution in [3.8, 4) is 0 Å². The maximum Gasteiger partial charge on any atom is 0.101 e. The quantitative estimate of drug-likeness (QED) is 0.0977. The normalized spacial score (nSPS) is 15.5. The Bertz CT molecular complexity index is 460. The molecule has 0 aromatic heterocycles. The van der Waals surface area contributed by atoms with Crippen LogP contribution in [-0.4, -0.2) is 29.1 Å². The molecule has 0 aliphatic carbocycles. The summed E-state index contributed by atoms with van der Waals surface area (Å²) >= 11 is 0. The Morgan fingerprint density at radius 1 is 0.361 bits per heavy atom. The summed E-state index contributed by atoms with van der Waals surface area (Å²) in [7, 11) is 0. The van der Waals surface area contributed by atoms with E-state index in [-0.39, 0.29) is 0 Å². The van der Waals surface area contributed by atoms with Crippen LogP contribution >= 0.6 is 0 Å². The van der Waals surface area contributed by atoms with Crippen LogP contribution in [0.1, 0.15) is 188 Å². The predicted octanol–water partition coefficient (Wildman–Crippen LogP) is 11.6. The van der Waals surface area contributed by atoms with Gasteiger partial charge in [-0.3, -0.25) is 0 Å². The summed E-state index contributed by atoms with van der Waals surface area (Å²) in [5, 5.41) is 0. The van der Waals surface area contributed by atoms with E-state index in [1.165, 1.54) is 180 Å². The van der Waals surface area contributed by atoms with E-state index in [0.29, 0.717) is 6.17 Å². The van der Waals surface area contributed by atoms with E-state index in [2.05, 4.69) is 43.0 Å². The van der Waals surface area contributed by atoms with Crippen LogP contribution in [-0.2, 0) is 0 Å². The van der Waals surface area contributed by atoms with Crippen LogP contribution in [0.25, 0.3) is 0 Å². The second-order valence-corrected chi connectivity index (χ2v) is 11.8. The molecule has 0 saturated heterocycles.